The third-order valence-electron chi connectivity index (χ3n) is 7.78. The van der Waals surface area contributed by atoms with Crippen LogP contribution in [0.25, 0.3) is 17.4 Å². The van der Waals surface area contributed by atoms with E-state index in [1.165, 1.54) is 63.6 Å². The number of thiocarbonyl (C=S) groups is 1. The summed E-state index contributed by atoms with van der Waals surface area (Å²) in [6.07, 6.45) is 9.40. The van der Waals surface area contributed by atoms with Gasteiger partial charge in [0.05, 0.1) is 0 Å². The Morgan fingerprint density at radius 1 is 1.03 bits per heavy atom. The van der Waals surface area contributed by atoms with Crippen LogP contribution < -0.4 is 3.58 Å². The number of amides is 1. The van der Waals surface area contributed by atoms with Crippen LogP contribution in [0.4, 0.5) is 0 Å². The zero-order chi connectivity index (χ0) is 27.8. The molecule has 0 spiro atoms. The zero-order valence-electron chi connectivity index (χ0n) is 23.3. The second kappa shape index (κ2) is 14.3. The van der Waals surface area contributed by atoms with Gasteiger partial charge < -0.3 is 5.11 Å². The molecule has 1 aromatic carbocycles. The van der Waals surface area contributed by atoms with Crippen LogP contribution in [0.5, 0.6) is 0 Å². The Labute approximate surface area is 241 Å². The maximum atomic E-state index is 13.2. The van der Waals surface area contributed by atoms with Crippen LogP contribution in [0.3, 0.4) is 0 Å². The number of carbonyl (C=O) groups excluding carboxylic acids is 1. The van der Waals surface area contributed by atoms with Crippen molar-refractivity contribution in [2.75, 3.05) is 13.1 Å². The number of nitrogens with zero attached hydrogens (tertiary/aromatic N) is 1. The number of hydrogen-bond donors (Lipinski definition) is 1. The van der Waals surface area contributed by atoms with Gasteiger partial charge in [-0.3, -0.25) is 0 Å². The number of furan rings is 1. The number of benzene rings is 1. The summed E-state index contributed by atoms with van der Waals surface area (Å²) >= 11 is 4.05. The first-order valence-corrected chi connectivity index (χ1v) is 22.7. The van der Waals surface area contributed by atoms with Gasteiger partial charge in [-0.25, -0.2) is 4.79 Å². The normalized spacial score (nSPS) is 19.0. The molecule has 2 aromatic rings. The van der Waals surface area contributed by atoms with Gasteiger partial charge in [0.1, 0.15) is 0 Å². The second-order valence-electron chi connectivity index (χ2n) is 10.4. The molecule has 1 N–H and O–H groups in total. The summed E-state index contributed by atoms with van der Waals surface area (Å²) in [6.45, 7) is 8.67. The van der Waals surface area contributed by atoms with Gasteiger partial charge in [-0.05, 0) is 0 Å². The van der Waals surface area contributed by atoms with Crippen molar-refractivity contribution in [1.82, 2.24) is 0 Å². The van der Waals surface area contributed by atoms with Crippen molar-refractivity contribution in [3.63, 3.8) is 0 Å². The minimum absolute atomic E-state index is 0.272. The third-order valence-corrected chi connectivity index (χ3v) is 25.0. The van der Waals surface area contributed by atoms with E-state index in [-0.39, 0.29) is 16.9 Å². The van der Waals surface area contributed by atoms with Crippen LogP contribution >= 0.6 is 24.0 Å². The molecule has 1 unspecified atom stereocenters. The number of carboxylic acid groups (broad SMARTS) is 1. The molecule has 1 saturated heterocycles. The van der Waals surface area contributed by atoms with Gasteiger partial charge in [0.15, 0.2) is 0 Å². The summed E-state index contributed by atoms with van der Waals surface area (Å²) in [5.74, 6) is 0.0580. The van der Waals surface area contributed by atoms with Gasteiger partial charge in [-0.15, -0.1) is 0 Å². The standard InChI is InChI=1S/C18H14NO4S2.3C4H9.Sn/c1-2-19(11-16(20)21)17(22)15(25-18(19)24)10-13-8-9-14(23-13)12-6-4-3-5-7-12;3*1-3-4-2;/h3-4,6-10H,2,11H2,1H3;3*1,3-4H2,2H3;/p+1. The van der Waals surface area contributed by atoms with E-state index in [0.29, 0.717) is 21.5 Å². The number of aliphatic carboxylic acids is 1. The van der Waals surface area contributed by atoms with Gasteiger partial charge in [-0.2, -0.15) is 0 Å². The van der Waals surface area contributed by atoms with Crippen LogP contribution in [0.1, 0.15) is 72.0 Å². The Bertz CT molecular complexity index is 1150. The fourth-order valence-electron chi connectivity index (χ4n) is 5.43. The van der Waals surface area contributed by atoms with E-state index < -0.39 is 24.3 Å². The average Bonchev–Trinajstić information content (AvgIpc) is 3.47. The van der Waals surface area contributed by atoms with E-state index in [2.05, 4.69) is 45.0 Å². The zero-order valence-corrected chi connectivity index (χ0v) is 27.7. The van der Waals surface area contributed by atoms with E-state index in [4.69, 9.17) is 16.6 Å². The molecule has 1 aliphatic rings. The number of carboxylic acids is 1. The topological polar surface area (TPSA) is 67.5 Å². The Morgan fingerprint density at radius 3 is 2.21 bits per heavy atom. The van der Waals surface area contributed by atoms with Crippen LogP contribution in [-0.2, 0) is 9.59 Å². The van der Waals surface area contributed by atoms with Crippen molar-refractivity contribution >= 4 is 68.2 Å². The molecular formula is C30H42NO4S2Sn+. The van der Waals surface area contributed by atoms with E-state index >= 15 is 0 Å². The number of thioether (sulfide) groups is 1. The molecule has 8 heteroatoms. The number of rotatable bonds is 15. The van der Waals surface area contributed by atoms with Crippen LogP contribution in [0.15, 0.2) is 45.7 Å². The summed E-state index contributed by atoms with van der Waals surface area (Å²) in [7, 11) is 0. The molecule has 5 nitrogen and oxygen atoms in total. The third kappa shape index (κ3) is 7.01. The van der Waals surface area contributed by atoms with Crippen molar-refractivity contribution < 1.29 is 23.6 Å². The van der Waals surface area contributed by atoms with Gasteiger partial charge in [0.25, 0.3) is 0 Å². The first kappa shape index (κ1) is 31.1. The molecule has 206 valence electrons. The molecule has 1 atom stereocenters. The number of likely N-dealkylation sites (N-methyl/N-ethyl adjacent to an activating group) is 1. The SMILES string of the molecule is CCC[CH2][Sn]([CH2]CCC)([CH2]CCC)[c]1cccc(-c2ccc(C=C3SC(=S)[N+](CC)(CC(=O)O)C3=O)o2)c1. The summed E-state index contributed by atoms with van der Waals surface area (Å²) in [5.41, 5.74) is 1.09. The molecule has 1 fully saturated rings. The average molecular weight is 664 g/mol. The number of hydrogen-bond acceptors (Lipinski definition) is 5. The van der Waals surface area contributed by atoms with Gasteiger partial charge >= 0.3 is 233 Å². The van der Waals surface area contributed by atoms with Crippen molar-refractivity contribution in [1.29, 1.82) is 0 Å². The Balaban J connectivity index is 1.92. The second-order valence-corrected chi connectivity index (χ2v) is 25.3. The quantitative estimate of drug-likeness (QED) is 0.0908. The predicted molar refractivity (Wildman–Crippen MR) is 165 cm³/mol. The monoisotopic (exact) mass is 664 g/mol. The molecular weight excluding hydrogens is 621 g/mol. The molecule has 0 aliphatic carbocycles. The summed E-state index contributed by atoms with van der Waals surface area (Å²) in [4.78, 5) is 25.1. The van der Waals surface area contributed by atoms with Gasteiger partial charge in [-0.1, -0.05) is 0 Å². The first-order valence-electron chi connectivity index (χ1n) is 14.0. The van der Waals surface area contributed by atoms with Crippen molar-refractivity contribution in [3.05, 3.63) is 47.1 Å². The predicted octanol–water partition coefficient (Wildman–Crippen LogP) is 7.82. The fourth-order valence-corrected chi connectivity index (χ4v) is 23.1. The molecule has 3 rings (SSSR count). The van der Waals surface area contributed by atoms with Crippen LogP contribution in [-0.4, -0.2) is 57.3 Å². The molecule has 1 aromatic heterocycles. The van der Waals surface area contributed by atoms with Gasteiger partial charge in [0.2, 0.25) is 0 Å². The fraction of sp³-hybridized carbons (Fsp3) is 0.500. The molecule has 0 saturated carbocycles. The summed E-state index contributed by atoms with van der Waals surface area (Å²) < 4.78 is 12.1. The Kier molecular flexibility index (Phi) is 11.7. The molecule has 0 radical (unpaired) electrons. The maximum absolute atomic E-state index is 13.2. The van der Waals surface area contributed by atoms with E-state index in [1.54, 1.807) is 16.6 Å². The molecule has 1 aliphatic heterocycles. The molecule has 1 amide bonds. The first-order chi connectivity index (χ1) is 18.2. The number of unbranched alkanes of at least 4 members (excludes halogenated alkanes) is 3. The van der Waals surface area contributed by atoms with Crippen LogP contribution in [0.2, 0.25) is 13.3 Å². The van der Waals surface area contributed by atoms with Crippen molar-refractivity contribution in [3.8, 4) is 11.3 Å². The Morgan fingerprint density at radius 2 is 1.66 bits per heavy atom. The molecule has 38 heavy (non-hydrogen) atoms. The molecule has 0 bridgehead atoms. The Hall–Kier alpha value is -1.42. The van der Waals surface area contributed by atoms with E-state index in [1.807, 2.05) is 12.1 Å². The van der Waals surface area contributed by atoms with E-state index in [9.17, 15) is 14.7 Å². The number of carbonyl (C=O) groups is 2. The minimum atomic E-state index is -2.57. The summed E-state index contributed by atoms with van der Waals surface area (Å²) in [5, 5.41) is 9.36. The van der Waals surface area contributed by atoms with Crippen molar-refractivity contribution in [2.45, 2.75) is 79.5 Å². The molecule has 2 heterocycles. The summed E-state index contributed by atoms with van der Waals surface area (Å²) in [6, 6.07) is 12.9. The van der Waals surface area contributed by atoms with Crippen molar-refractivity contribution in [2.24, 2.45) is 0 Å². The van der Waals surface area contributed by atoms with Crippen LogP contribution in [0, 0.1) is 0 Å². The number of quaternary nitrogens is 1. The van der Waals surface area contributed by atoms with Gasteiger partial charge in [0, 0.05) is 0 Å². The van der Waals surface area contributed by atoms with E-state index in [0.717, 1.165) is 11.3 Å².